The number of imide groups is 1. The number of primary amides is 1. The van der Waals surface area contributed by atoms with E-state index in [-0.39, 0.29) is 52.5 Å². The summed E-state index contributed by atoms with van der Waals surface area (Å²) >= 11 is 6.89. The van der Waals surface area contributed by atoms with Gasteiger partial charge in [0.05, 0.1) is 27.8 Å². The second-order valence-corrected chi connectivity index (χ2v) is 10.0. The lowest BCUT2D eigenvalue weighted by Crippen LogP contribution is -2.38. The van der Waals surface area contributed by atoms with E-state index in [1.165, 1.54) is 6.07 Å². The number of carbonyl (C=O) groups excluding carboxylic acids is 3. The van der Waals surface area contributed by atoms with Gasteiger partial charge in [0.15, 0.2) is 5.76 Å². The van der Waals surface area contributed by atoms with E-state index in [0.29, 0.717) is 4.90 Å². The van der Waals surface area contributed by atoms with Crippen molar-refractivity contribution in [3.63, 3.8) is 0 Å². The van der Waals surface area contributed by atoms with Crippen LogP contribution in [-0.4, -0.2) is 36.4 Å². The molecule has 1 atom stereocenters. The van der Waals surface area contributed by atoms with Gasteiger partial charge in [-0.1, -0.05) is 17.7 Å². The van der Waals surface area contributed by atoms with Crippen LogP contribution < -0.4 is 10.6 Å². The Morgan fingerprint density at radius 3 is 2.57 bits per heavy atom. The molecule has 3 amide bonds. The third kappa shape index (κ3) is 6.63. The summed E-state index contributed by atoms with van der Waals surface area (Å²) in [4.78, 5) is 53.7. The molecule has 0 fully saturated rings. The largest absolute Gasteiger partial charge is 0.513 e. The minimum Gasteiger partial charge on any atom is -0.433 e. The fourth-order valence-electron chi connectivity index (χ4n) is 4.23. The fraction of sp³-hybridized carbons (Fsp3) is 0.192. The minimum absolute atomic E-state index is 0.0141. The summed E-state index contributed by atoms with van der Waals surface area (Å²) in [6.45, 7) is -0.912. The molecule has 1 aliphatic heterocycles. The Hall–Kier alpha value is -4.63. The van der Waals surface area contributed by atoms with Crippen LogP contribution in [0.1, 0.15) is 34.8 Å². The van der Waals surface area contributed by atoms with E-state index in [9.17, 15) is 37.7 Å². The number of rotatable bonds is 10. The number of nitrogens with zero attached hydrogens (tertiary/aromatic N) is 2. The zero-order valence-corrected chi connectivity index (χ0v) is 22.8. The number of ether oxygens (including phenoxy) is 2. The molecule has 3 aromatic rings. The molecule has 16 heteroatoms. The molecule has 11 nitrogen and oxygen atoms in total. The third-order valence-electron chi connectivity index (χ3n) is 6.04. The molecule has 0 saturated carbocycles. The molecule has 2 aromatic carbocycles. The SMILES string of the molecule is NC(=O)N1C(=O)/C(=C(\OC(=O)OCC(CCCO[N+](=O)[O-])c2cc(F)ccc2F)c2cccs2)c2cc(F)c(Cl)cc21. The Balaban J connectivity index is 1.64. The van der Waals surface area contributed by atoms with Gasteiger partial charge in [-0.3, -0.25) is 4.79 Å². The zero-order chi connectivity index (χ0) is 30.6. The summed E-state index contributed by atoms with van der Waals surface area (Å²) in [5, 5.41) is 10.6. The number of hydrogen-bond acceptors (Lipinski definition) is 9. The van der Waals surface area contributed by atoms with Crippen LogP contribution in [0.15, 0.2) is 47.8 Å². The topological polar surface area (TPSA) is 151 Å². The summed E-state index contributed by atoms with van der Waals surface area (Å²) in [5.41, 5.74) is 4.55. The number of amides is 3. The van der Waals surface area contributed by atoms with Crippen LogP contribution in [0.5, 0.6) is 0 Å². The van der Waals surface area contributed by atoms with Gasteiger partial charge in [0.1, 0.15) is 24.1 Å². The normalized spacial score (nSPS) is 14.3. The molecule has 0 saturated heterocycles. The molecule has 4 rings (SSSR count). The van der Waals surface area contributed by atoms with Crippen LogP contribution in [0, 0.1) is 27.6 Å². The van der Waals surface area contributed by atoms with Crippen molar-refractivity contribution < 1.29 is 47.0 Å². The number of benzene rings is 2. The maximum atomic E-state index is 14.5. The van der Waals surface area contributed by atoms with Crippen molar-refractivity contribution >= 4 is 58.1 Å². The molecule has 0 spiro atoms. The van der Waals surface area contributed by atoms with Crippen LogP contribution in [0.4, 0.5) is 28.4 Å². The second-order valence-electron chi connectivity index (χ2n) is 8.67. The summed E-state index contributed by atoms with van der Waals surface area (Å²) < 4.78 is 53.4. The van der Waals surface area contributed by atoms with Crippen molar-refractivity contribution in [3.8, 4) is 0 Å². The summed E-state index contributed by atoms with van der Waals surface area (Å²) in [5.74, 6) is -4.90. The number of hydrogen-bond donors (Lipinski definition) is 1. The van der Waals surface area contributed by atoms with Crippen LogP contribution >= 0.6 is 22.9 Å². The molecule has 0 aliphatic carbocycles. The lowest BCUT2D eigenvalue weighted by molar-refractivity contribution is -0.757. The predicted molar refractivity (Wildman–Crippen MR) is 143 cm³/mol. The number of urea groups is 1. The number of halogens is 4. The maximum Gasteiger partial charge on any atom is 0.513 e. The monoisotopic (exact) mass is 625 g/mol. The smallest absolute Gasteiger partial charge is 0.433 e. The number of nitrogens with two attached hydrogens (primary N) is 1. The summed E-state index contributed by atoms with van der Waals surface area (Å²) in [6, 6.07) is 6.41. The zero-order valence-electron chi connectivity index (χ0n) is 21.2. The van der Waals surface area contributed by atoms with Crippen molar-refractivity contribution in [2.24, 2.45) is 5.73 Å². The lowest BCUT2D eigenvalue weighted by atomic mass is 9.94. The first-order valence-electron chi connectivity index (χ1n) is 12.0. The highest BCUT2D eigenvalue weighted by molar-refractivity contribution is 7.11. The Morgan fingerprint density at radius 1 is 1.14 bits per heavy atom. The second kappa shape index (κ2) is 12.9. The molecule has 0 bridgehead atoms. The molecule has 42 heavy (non-hydrogen) atoms. The van der Waals surface area contributed by atoms with Crippen molar-refractivity contribution in [1.29, 1.82) is 0 Å². The van der Waals surface area contributed by atoms with Gasteiger partial charge in [-0.25, -0.2) is 27.7 Å². The molecular formula is C26H19ClF3N3O8S. The average Bonchev–Trinajstić information content (AvgIpc) is 3.55. The van der Waals surface area contributed by atoms with Gasteiger partial charge in [0.25, 0.3) is 11.0 Å². The number of carbonyl (C=O) groups is 3. The van der Waals surface area contributed by atoms with E-state index in [1.54, 1.807) is 11.4 Å². The Kier molecular flexibility index (Phi) is 9.32. The molecule has 220 valence electrons. The van der Waals surface area contributed by atoms with E-state index < -0.39 is 58.2 Å². The Labute approximate surface area is 243 Å². The predicted octanol–water partition coefficient (Wildman–Crippen LogP) is 6.04. The highest BCUT2D eigenvalue weighted by Crippen LogP contribution is 2.44. The molecule has 2 N–H and O–H groups in total. The molecule has 1 aromatic heterocycles. The fourth-order valence-corrected chi connectivity index (χ4v) is 5.10. The first kappa shape index (κ1) is 30.3. The van der Waals surface area contributed by atoms with E-state index in [4.69, 9.17) is 26.8 Å². The highest BCUT2D eigenvalue weighted by atomic mass is 35.5. The molecule has 2 heterocycles. The third-order valence-corrected chi connectivity index (χ3v) is 7.20. The van der Waals surface area contributed by atoms with Crippen LogP contribution in [0.2, 0.25) is 5.02 Å². The van der Waals surface area contributed by atoms with Crippen molar-refractivity contribution in [2.75, 3.05) is 18.1 Å². The molecule has 0 radical (unpaired) electrons. The van der Waals surface area contributed by atoms with Crippen LogP contribution in [0.25, 0.3) is 11.3 Å². The Morgan fingerprint density at radius 2 is 1.90 bits per heavy atom. The van der Waals surface area contributed by atoms with Crippen molar-refractivity contribution in [3.05, 3.63) is 96.4 Å². The van der Waals surface area contributed by atoms with Crippen molar-refractivity contribution in [2.45, 2.75) is 18.8 Å². The van der Waals surface area contributed by atoms with Crippen LogP contribution in [-0.2, 0) is 19.1 Å². The number of thiophene rings is 1. The quantitative estimate of drug-likeness (QED) is 0.0715. The van der Waals surface area contributed by atoms with E-state index >= 15 is 0 Å². The highest BCUT2D eigenvalue weighted by Gasteiger charge is 2.40. The van der Waals surface area contributed by atoms with Gasteiger partial charge >= 0.3 is 12.2 Å². The minimum atomic E-state index is -1.38. The van der Waals surface area contributed by atoms with Gasteiger partial charge < -0.3 is 20.0 Å². The number of anilines is 1. The average molecular weight is 626 g/mol. The van der Waals surface area contributed by atoms with Gasteiger partial charge in [-0.05, 0) is 60.2 Å². The van der Waals surface area contributed by atoms with Crippen LogP contribution in [0.3, 0.4) is 0 Å². The van der Waals surface area contributed by atoms with E-state index in [1.807, 2.05) is 0 Å². The van der Waals surface area contributed by atoms with Gasteiger partial charge in [0.2, 0.25) is 0 Å². The van der Waals surface area contributed by atoms with E-state index in [0.717, 1.165) is 41.7 Å². The Bertz CT molecular complexity index is 1580. The van der Waals surface area contributed by atoms with Gasteiger partial charge in [0, 0.05) is 11.5 Å². The summed E-state index contributed by atoms with van der Waals surface area (Å²) in [6.07, 6.45) is -1.37. The lowest BCUT2D eigenvalue weighted by Gasteiger charge is -2.18. The van der Waals surface area contributed by atoms with Gasteiger partial charge in [-0.15, -0.1) is 21.5 Å². The summed E-state index contributed by atoms with van der Waals surface area (Å²) in [7, 11) is 0. The molecule has 1 aliphatic rings. The van der Waals surface area contributed by atoms with Gasteiger partial charge in [-0.2, -0.15) is 0 Å². The van der Waals surface area contributed by atoms with E-state index in [2.05, 4.69) is 4.84 Å². The first-order valence-corrected chi connectivity index (χ1v) is 13.2. The maximum absolute atomic E-state index is 14.5. The molecular weight excluding hydrogens is 607 g/mol. The standard InChI is InChI=1S/C26H19ClF3N3O8S/c27-17-11-20-16(10-19(17)30)22(24(34)32(20)25(31)35)23(21-4-2-8-42-21)41-26(36)39-12-13(3-1-7-40-33(37)38)15-9-14(28)5-6-18(15)29/h2,4-6,8-11,13H,1,3,7,12H2,(H2,31,35)/b23-22-. The molecule has 1 unspecified atom stereocenters. The first-order chi connectivity index (χ1) is 20.0. The van der Waals surface area contributed by atoms with Crippen molar-refractivity contribution in [1.82, 2.24) is 0 Å². The number of fused-ring (bicyclic) bond motifs is 1.